The van der Waals surface area contributed by atoms with E-state index in [4.69, 9.17) is 16.3 Å². The summed E-state index contributed by atoms with van der Waals surface area (Å²) in [6.07, 6.45) is 5.11. The normalized spacial score (nSPS) is 14.3. The Morgan fingerprint density at radius 2 is 1.94 bits per heavy atom. The lowest BCUT2D eigenvalue weighted by atomic mass is 10.2. The molecule has 1 aliphatic heterocycles. The Balaban J connectivity index is 1.25. The first-order chi connectivity index (χ1) is 15.1. The number of aromatic nitrogens is 2. The number of thiazole rings is 1. The Hall–Kier alpha value is -2.90. The first-order valence-corrected chi connectivity index (χ1v) is 11.3. The van der Waals surface area contributed by atoms with Crippen LogP contribution in [0.5, 0.6) is 5.75 Å². The number of amides is 1. The van der Waals surface area contributed by atoms with Crippen molar-refractivity contribution in [2.75, 3.05) is 31.1 Å². The van der Waals surface area contributed by atoms with Crippen LogP contribution in [0.1, 0.15) is 16.3 Å². The third kappa shape index (κ3) is 5.83. The van der Waals surface area contributed by atoms with E-state index in [1.165, 1.54) is 0 Å². The second-order valence-electron chi connectivity index (χ2n) is 7.20. The van der Waals surface area contributed by atoms with E-state index >= 15 is 0 Å². The minimum atomic E-state index is 0.0166. The average molecular weight is 455 g/mol. The summed E-state index contributed by atoms with van der Waals surface area (Å²) in [7, 11) is 0. The molecule has 6 nitrogen and oxygen atoms in total. The molecule has 0 atom stereocenters. The zero-order valence-corrected chi connectivity index (χ0v) is 18.8. The quantitative estimate of drug-likeness (QED) is 0.515. The predicted molar refractivity (Wildman–Crippen MR) is 125 cm³/mol. The average Bonchev–Trinajstić information content (AvgIpc) is 3.22. The maximum Gasteiger partial charge on any atom is 0.246 e. The third-order valence-electron chi connectivity index (χ3n) is 4.98. The molecule has 3 aromatic rings. The number of pyridine rings is 1. The van der Waals surface area contributed by atoms with E-state index in [0.29, 0.717) is 24.7 Å². The van der Waals surface area contributed by atoms with Gasteiger partial charge in [-0.2, -0.15) is 0 Å². The van der Waals surface area contributed by atoms with E-state index in [0.717, 1.165) is 40.9 Å². The van der Waals surface area contributed by atoms with Gasteiger partial charge in [-0.1, -0.05) is 23.7 Å². The maximum atomic E-state index is 12.5. The number of hydrogen-bond donors (Lipinski definition) is 0. The zero-order chi connectivity index (χ0) is 21.6. The van der Waals surface area contributed by atoms with E-state index in [1.807, 2.05) is 59.7 Å². The fraction of sp³-hybridized carbons (Fsp3) is 0.261. The van der Waals surface area contributed by atoms with Crippen molar-refractivity contribution in [3.63, 3.8) is 0 Å². The molecule has 1 amide bonds. The van der Waals surface area contributed by atoms with E-state index in [1.54, 1.807) is 23.6 Å². The van der Waals surface area contributed by atoms with Gasteiger partial charge in [0.1, 0.15) is 18.2 Å². The summed E-state index contributed by atoms with van der Waals surface area (Å²) < 4.78 is 5.76. The molecule has 1 fully saturated rings. The molecule has 0 unspecified atom stereocenters. The highest BCUT2D eigenvalue weighted by atomic mass is 35.5. The minimum Gasteiger partial charge on any atom is -0.487 e. The number of ether oxygens (including phenoxy) is 1. The summed E-state index contributed by atoms with van der Waals surface area (Å²) >= 11 is 7.52. The van der Waals surface area contributed by atoms with E-state index in [9.17, 15) is 4.79 Å². The largest absolute Gasteiger partial charge is 0.487 e. The summed E-state index contributed by atoms with van der Waals surface area (Å²) in [5.41, 5.74) is 1.89. The van der Waals surface area contributed by atoms with Gasteiger partial charge in [-0.25, -0.2) is 9.97 Å². The molecule has 1 aromatic carbocycles. The van der Waals surface area contributed by atoms with Crippen LogP contribution in [0.2, 0.25) is 5.02 Å². The number of hydrogen-bond acceptors (Lipinski definition) is 6. The number of carbonyl (C=O) groups is 1. The standard InChI is InChI=1S/C23H23ClN4O2S/c1-17-26-20(16-31-17)15-30-21-6-2-18(3-7-21)4-9-23(29)28-12-10-27(11-13-28)22-8-5-19(24)14-25-22/h2-9,14,16H,10-13,15H2,1H3/b9-4+. The lowest BCUT2D eigenvalue weighted by Gasteiger charge is -2.34. The Morgan fingerprint density at radius 1 is 1.16 bits per heavy atom. The molecule has 0 N–H and O–H groups in total. The van der Waals surface area contributed by atoms with Crippen LogP contribution in [0.4, 0.5) is 5.82 Å². The molecule has 1 aliphatic rings. The Kier molecular flexibility index (Phi) is 6.84. The van der Waals surface area contributed by atoms with Crippen molar-refractivity contribution in [3.05, 3.63) is 75.3 Å². The van der Waals surface area contributed by atoms with Crippen molar-refractivity contribution in [3.8, 4) is 5.75 Å². The van der Waals surface area contributed by atoms with Crippen LogP contribution in [0.25, 0.3) is 6.08 Å². The van der Waals surface area contributed by atoms with E-state index in [-0.39, 0.29) is 5.91 Å². The first kappa shape index (κ1) is 21.3. The van der Waals surface area contributed by atoms with Crippen LogP contribution >= 0.6 is 22.9 Å². The Labute approximate surface area is 190 Å². The van der Waals surface area contributed by atoms with Gasteiger partial charge in [0.2, 0.25) is 5.91 Å². The van der Waals surface area contributed by atoms with Crippen molar-refractivity contribution in [2.45, 2.75) is 13.5 Å². The molecule has 3 heterocycles. The van der Waals surface area contributed by atoms with E-state index < -0.39 is 0 Å². The molecule has 2 aromatic heterocycles. The number of anilines is 1. The van der Waals surface area contributed by atoms with Gasteiger partial charge in [0, 0.05) is 43.8 Å². The molecule has 4 rings (SSSR count). The van der Waals surface area contributed by atoms with Crippen molar-refractivity contribution in [1.29, 1.82) is 0 Å². The van der Waals surface area contributed by atoms with Crippen LogP contribution in [-0.2, 0) is 11.4 Å². The molecule has 0 spiro atoms. The van der Waals surface area contributed by atoms with Gasteiger partial charge in [-0.05, 0) is 42.8 Å². The highest BCUT2D eigenvalue weighted by molar-refractivity contribution is 7.09. The Morgan fingerprint density at radius 3 is 2.58 bits per heavy atom. The van der Waals surface area contributed by atoms with Crippen molar-refractivity contribution < 1.29 is 9.53 Å². The molecule has 0 radical (unpaired) electrons. The highest BCUT2D eigenvalue weighted by Gasteiger charge is 2.20. The first-order valence-electron chi connectivity index (χ1n) is 10.0. The molecule has 31 heavy (non-hydrogen) atoms. The van der Waals surface area contributed by atoms with Gasteiger partial charge in [0.15, 0.2) is 0 Å². The zero-order valence-electron chi connectivity index (χ0n) is 17.2. The smallest absolute Gasteiger partial charge is 0.246 e. The predicted octanol–water partition coefficient (Wildman–Crippen LogP) is 4.44. The third-order valence-corrected chi connectivity index (χ3v) is 6.02. The lowest BCUT2D eigenvalue weighted by molar-refractivity contribution is -0.126. The molecular formula is C23H23ClN4O2S. The van der Waals surface area contributed by atoms with E-state index in [2.05, 4.69) is 14.9 Å². The summed E-state index contributed by atoms with van der Waals surface area (Å²) in [6.45, 7) is 5.26. The summed E-state index contributed by atoms with van der Waals surface area (Å²) in [5, 5.41) is 3.66. The van der Waals surface area contributed by atoms with Crippen LogP contribution in [0, 0.1) is 6.92 Å². The number of benzene rings is 1. The van der Waals surface area contributed by atoms with Crippen LogP contribution in [-0.4, -0.2) is 47.0 Å². The summed E-state index contributed by atoms with van der Waals surface area (Å²) in [5.74, 6) is 1.68. The van der Waals surface area contributed by atoms with Gasteiger partial charge in [-0.15, -0.1) is 11.3 Å². The van der Waals surface area contributed by atoms with Crippen LogP contribution in [0.15, 0.2) is 54.1 Å². The van der Waals surface area contributed by atoms with Crippen LogP contribution < -0.4 is 9.64 Å². The number of nitrogens with zero attached hydrogens (tertiary/aromatic N) is 4. The molecule has 0 saturated carbocycles. The molecule has 8 heteroatoms. The molecule has 160 valence electrons. The number of halogens is 1. The lowest BCUT2D eigenvalue weighted by Crippen LogP contribution is -2.48. The number of piperazine rings is 1. The molecule has 0 bridgehead atoms. The SMILES string of the molecule is Cc1nc(COc2ccc(/C=C/C(=O)N3CCN(c4ccc(Cl)cn4)CC3)cc2)cs1. The van der Waals surface area contributed by atoms with Crippen LogP contribution in [0.3, 0.4) is 0 Å². The fourth-order valence-electron chi connectivity index (χ4n) is 3.29. The molecule has 1 saturated heterocycles. The minimum absolute atomic E-state index is 0.0166. The van der Waals surface area contributed by atoms with Gasteiger partial charge < -0.3 is 14.5 Å². The molecule has 0 aliphatic carbocycles. The van der Waals surface area contributed by atoms with Gasteiger partial charge >= 0.3 is 0 Å². The molecular weight excluding hydrogens is 432 g/mol. The Bertz CT molecular complexity index is 1040. The topological polar surface area (TPSA) is 58.6 Å². The number of aryl methyl sites for hydroxylation is 1. The fourth-order valence-corrected chi connectivity index (χ4v) is 4.00. The summed E-state index contributed by atoms with van der Waals surface area (Å²) in [4.78, 5) is 25.3. The van der Waals surface area contributed by atoms with Crippen molar-refractivity contribution in [1.82, 2.24) is 14.9 Å². The monoisotopic (exact) mass is 454 g/mol. The van der Waals surface area contributed by atoms with Gasteiger partial charge in [0.25, 0.3) is 0 Å². The second kappa shape index (κ2) is 9.94. The van der Waals surface area contributed by atoms with Gasteiger partial charge in [0.05, 0.1) is 15.7 Å². The maximum absolute atomic E-state index is 12.5. The highest BCUT2D eigenvalue weighted by Crippen LogP contribution is 2.18. The number of carbonyl (C=O) groups excluding carboxylic acids is 1. The number of rotatable bonds is 6. The van der Waals surface area contributed by atoms with Crippen molar-refractivity contribution in [2.24, 2.45) is 0 Å². The summed E-state index contributed by atoms with van der Waals surface area (Å²) in [6, 6.07) is 11.4. The van der Waals surface area contributed by atoms with Gasteiger partial charge in [-0.3, -0.25) is 4.79 Å². The van der Waals surface area contributed by atoms with Crippen molar-refractivity contribution >= 4 is 40.7 Å². The second-order valence-corrected chi connectivity index (χ2v) is 8.69.